The maximum absolute atomic E-state index is 13.1. The Hall–Kier alpha value is -3.93. The summed E-state index contributed by atoms with van der Waals surface area (Å²) in [7, 11) is 1.69. The molecule has 0 unspecified atom stereocenters. The van der Waals surface area contributed by atoms with Gasteiger partial charge in [0, 0.05) is 23.9 Å². The normalized spacial score (nSPS) is 15.7. The van der Waals surface area contributed by atoms with E-state index in [2.05, 4.69) is 15.6 Å². The lowest BCUT2D eigenvalue weighted by atomic mass is 10.00. The zero-order valence-electron chi connectivity index (χ0n) is 16.8. The van der Waals surface area contributed by atoms with Gasteiger partial charge in [-0.2, -0.15) is 0 Å². The Morgan fingerprint density at radius 2 is 1.70 bits per heavy atom. The number of anilines is 2. The van der Waals surface area contributed by atoms with Crippen LogP contribution in [0.1, 0.15) is 16.7 Å². The van der Waals surface area contributed by atoms with E-state index in [1.807, 2.05) is 79.7 Å². The quantitative estimate of drug-likeness (QED) is 0.702. The van der Waals surface area contributed by atoms with E-state index in [0.717, 1.165) is 22.4 Å². The van der Waals surface area contributed by atoms with Crippen LogP contribution in [-0.2, 0) is 4.79 Å². The topological polar surface area (TPSA) is 73.8 Å². The lowest BCUT2D eigenvalue weighted by molar-refractivity contribution is -0.119. The second kappa shape index (κ2) is 8.21. The van der Waals surface area contributed by atoms with E-state index in [1.54, 1.807) is 13.1 Å². The molecule has 1 atom stereocenters. The molecule has 1 aliphatic heterocycles. The van der Waals surface area contributed by atoms with Crippen molar-refractivity contribution in [1.29, 1.82) is 0 Å². The van der Waals surface area contributed by atoms with Crippen LogP contribution >= 0.6 is 0 Å². The number of benzene rings is 3. The fraction of sp³-hybridized carbons (Fsp3) is 0.125. The number of rotatable bonds is 3. The van der Waals surface area contributed by atoms with Gasteiger partial charge in [0.05, 0.1) is 11.4 Å². The molecule has 3 aromatic carbocycles. The molecule has 4 rings (SSSR count). The Morgan fingerprint density at radius 3 is 2.47 bits per heavy atom. The largest absolute Gasteiger partial charge is 0.321 e. The average Bonchev–Trinajstić information content (AvgIpc) is 2.85. The van der Waals surface area contributed by atoms with Crippen LogP contribution in [0.4, 0.5) is 16.2 Å². The first-order chi connectivity index (χ1) is 14.5. The number of carbonyl (C=O) groups excluding carboxylic acids is 2. The zero-order valence-corrected chi connectivity index (χ0v) is 16.8. The third-order valence-corrected chi connectivity index (χ3v) is 4.93. The number of hydrogen-bond acceptors (Lipinski definition) is 3. The summed E-state index contributed by atoms with van der Waals surface area (Å²) < 4.78 is 0. The van der Waals surface area contributed by atoms with E-state index in [1.165, 1.54) is 4.90 Å². The summed E-state index contributed by atoms with van der Waals surface area (Å²) in [5.74, 6) is -0.312. The highest BCUT2D eigenvalue weighted by molar-refractivity contribution is 6.20. The van der Waals surface area contributed by atoms with Crippen molar-refractivity contribution < 1.29 is 9.59 Å². The number of benzodiazepines with no additional fused rings is 1. The van der Waals surface area contributed by atoms with Gasteiger partial charge in [-0.15, -0.1) is 0 Å². The second-order valence-corrected chi connectivity index (χ2v) is 7.13. The van der Waals surface area contributed by atoms with Crippen LogP contribution in [0.5, 0.6) is 0 Å². The molecule has 6 nitrogen and oxygen atoms in total. The summed E-state index contributed by atoms with van der Waals surface area (Å²) >= 11 is 0. The number of para-hydroxylation sites is 1. The number of likely N-dealkylation sites (N-methyl/N-ethyl adjacent to an activating group) is 1. The Balaban J connectivity index is 1.69. The molecule has 0 radical (unpaired) electrons. The first-order valence-electron chi connectivity index (χ1n) is 9.67. The minimum absolute atomic E-state index is 0.312. The Kier molecular flexibility index (Phi) is 5.30. The van der Waals surface area contributed by atoms with E-state index >= 15 is 0 Å². The van der Waals surface area contributed by atoms with E-state index in [-0.39, 0.29) is 5.91 Å². The average molecular weight is 397 g/mol. The zero-order chi connectivity index (χ0) is 21.1. The summed E-state index contributed by atoms with van der Waals surface area (Å²) in [6, 6.07) is 24.2. The maximum atomic E-state index is 13.1. The highest BCUT2D eigenvalue weighted by Gasteiger charge is 2.30. The molecule has 0 aromatic heterocycles. The van der Waals surface area contributed by atoms with Crippen molar-refractivity contribution in [2.24, 2.45) is 4.99 Å². The number of aliphatic imine (C=N–C) groups is 1. The lowest BCUT2D eigenvalue weighted by Crippen LogP contribution is -2.47. The number of amides is 3. The van der Waals surface area contributed by atoms with Gasteiger partial charge in [0.15, 0.2) is 0 Å². The second-order valence-electron chi connectivity index (χ2n) is 7.13. The van der Waals surface area contributed by atoms with Crippen molar-refractivity contribution >= 4 is 29.0 Å². The fourth-order valence-corrected chi connectivity index (χ4v) is 3.46. The third-order valence-electron chi connectivity index (χ3n) is 4.93. The number of nitrogens with zero attached hydrogens (tertiary/aromatic N) is 2. The first kappa shape index (κ1) is 19.4. The Labute approximate surface area is 175 Å². The van der Waals surface area contributed by atoms with Crippen molar-refractivity contribution in [2.75, 3.05) is 17.3 Å². The van der Waals surface area contributed by atoms with Gasteiger partial charge in [-0.1, -0.05) is 60.7 Å². The molecule has 1 heterocycles. The minimum Gasteiger partial charge on any atom is -0.311 e. The predicted octanol–water partition coefficient (Wildman–Crippen LogP) is 3.96. The van der Waals surface area contributed by atoms with Crippen molar-refractivity contribution in [3.05, 3.63) is 95.6 Å². The third kappa shape index (κ3) is 3.93. The highest BCUT2D eigenvalue weighted by atomic mass is 16.2. The van der Waals surface area contributed by atoms with Crippen LogP contribution in [0, 0.1) is 6.92 Å². The van der Waals surface area contributed by atoms with Crippen LogP contribution in [0.3, 0.4) is 0 Å². The standard InChI is InChI=1S/C24H22N4O2/c1-16-9-8-12-18(15-16)25-24(30)27-22-23(29)28(2)20-14-7-6-13-19(20)21(26-22)17-10-4-3-5-11-17/h3-15,22H,1-2H3,(H2,25,27,30)/t22-/m0/s1/i2-1. The van der Waals surface area contributed by atoms with Crippen LogP contribution in [0.15, 0.2) is 83.9 Å². The molecule has 0 fully saturated rings. The maximum Gasteiger partial charge on any atom is 0.321 e. The summed E-state index contributed by atoms with van der Waals surface area (Å²) in [6.07, 6.45) is -1.05. The van der Waals surface area contributed by atoms with Crippen molar-refractivity contribution in [1.82, 2.24) is 5.32 Å². The number of nitrogens with one attached hydrogen (secondary N) is 2. The Morgan fingerprint density at radius 1 is 0.967 bits per heavy atom. The molecule has 2 N–H and O–H groups in total. The molecular weight excluding hydrogens is 375 g/mol. The first-order valence-corrected chi connectivity index (χ1v) is 9.67. The molecule has 6 heteroatoms. The fourth-order valence-electron chi connectivity index (χ4n) is 3.46. The molecule has 0 saturated carbocycles. The van der Waals surface area contributed by atoms with Gasteiger partial charge >= 0.3 is 6.03 Å². The van der Waals surface area contributed by atoms with Gasteiger partial charge < -0.3 is 15.5 Å². The van der Waals surface area contributed by atoms with E-state index < -0.39 is 12.2 Å². The van der Waals surface area contributed by atoms with Crippen molar-refractivity contribution in [3.8, 4) is 0 Å². The number of carbonyl (C=O) groups is 2. The van der Waals surface area contributed by atoms with Gasteiger partial charge in [-0.05, 0) is 30.7 Å². The van der Waals surface area contributed by atoms with Crippen LogP contribution < -0.4 is 15.5 Å². The molecule has 0 aliphatic carbocycles. The molecule has 0 saturated heterocycles. The number of aryl methyl sites for hydroxylation is 1. The lowest BCUT2D eigenvalue weighted by Gasteiger charge is -2.21. The number of urea groups is 1. The van der Waals surface area contributed by atoms with Gasteiger partial charge in [-0.25, -0.2) is 9.79 Å². The molecule has 0 bridgehead atoms. The summed E-state index contributed by atoms with van der Waals surface area (Å²) in [5.41, 5.74) is 4.79. The van der Waals surface area contributed by atoms with Crippen LogP contribution in [-0.4, -0.2) is 30.9 Å². The van der Waals surface area contributed by atoms with Gasteiger partial charge in [-0.3, -0.25) is 4.79 Å². The monoisotopic (exact) mass is 397 g/mol. The molecule has 0 spiro atoms. The van der Waals surface area contributed by atoms with Gasteiger partial charge in [0.2, 0.25) is 6.17 Å². The number of hydrogen-bond donors (Lipinski definition) is 2. The molecular formula is C24H22N4O2. The summed E-state index contributed by atoms with van der Waals surface area (Å²) in [4.78, 5) is 31.9. The predicted molar refractivity (Wildman–Crippen MR) is 119 cm³/mol. The highest BCUT2D eigenvalue weighted by Crippen LogP contribution is 2.27. The molecule has 1 aliphatic rings. The van der Waals surface area contributed by atoms with Gasteiger partial charge in [0.1, 0.15) is 0 Å². The van der Waals surface area contributed by atoms with Crippen LogP contribution in [0.25, 0.3) is 0 Å². The SMILES string of the molecule is Cc1cccc(NC(=O)N[C@@H]2N=C(c3ccccc3)c3ccccc3N([11CH3])C2=O)c1. The van der Waals surface area contributed by atoms with Crippen molar-refractivity contribution in [3.63, 3.8) is 0 Å². The molecule has 30 heavy (non-hydrogen) atoms. The van der Waals surface area contributed by atoms with E-state index in [0.29, 0.717) is 11.4 Å². The Bertz CT molecular complexity index is 1120. The minimum atomic E-state index is -1.05. The van der Waals surface area contributed by atoms with E-state index in [4.69, 9.17) is 0 Å². The number of fused-ring (bicyclic) bond motifs is 1. The molecule has 3 aromatic rings. The summed E-state index contributed by atoms with van der Waals surface area (Å²) in [6.45, 7) is 1.94. The van der Waals surface area contributed by atoms with E-state index in [9.17, 15) is 9.59 Å². The van der Waals surface area contributed by atoms with Crippen LogP contribution in [0.2, 0.25) is 0 Å². The molecule has 3 amide bonds. The van der Waals surface area contributed by atoms with Crippen molar-refractivity contribution in [2.45, 2.75) is 13.1 Å². The molecule has 150 valence electrons. The summed E-state index contributed by atoms with van der Waals surface area (Å²) in [5, 5.41) is 5.48. The smallest absolute Gasteiger partial charge is 0.311 e. The van der Waals surface area contributed by atoms with Gasteiger partial charge in [0.25, 0.3) is 5.91 Å².